The second-order valence-corrected chi connectivity index (χ2v) is 16.6. The van der Waals surface area contributed by atoms with Crippen molar-refractivity contribution in [3.63, 3.8) is 0 Å². The third-order valence-corrected chi connectivity index (χ3v) is 12.4. The first-order chi connectivity index (χ1) is 19.1. The van der Waals surface area contributed by atoms with Gasteiger partial charge in [-0.05, 0) is 119 Å². The van der Waals surface area contributed by atoms with Crippen LogP contribution < -0.4 is 0 Å². The Balaban J connectivity index is 1.10. The highest BCUT2D eigenvalue weighted by molar-refractivity contribution is 5.04. The van der Waals surface area contributed by atoms with Crippen LogP contribution in [0.1, 0.15) is 125 Å². The molecule has 9 unspecified atom stereocenters. The summed E-state index contributed by atoms with van der Waals surface area (Å²) in [6, 6.07) is 0. The van der Waals surface area contributed by atoms with Gasteiger partial charge < -0.3 is 24.1 Å². The molecule has 4 bridgehead atoms. The largest absolute Gasteiger partial charge is 0.393 e. The molecule has 2 saturated heterocycles. The fraction of sp³-hybridized carbons (Fsp3) is 1.00. The first-order valence-electron chi connectivity index (χ1n) is 17.3. The van der Waals surface area contributed by atoms with Crippen LogP contribution >= 0.6 is 0 Å². The average molecular weight is 561 g/mol. The molecule has 0 radical (unpaired) electrons. The number of hydrogen-bond donors (Lipinski definition) is 1. The van der Waals surface area contributed by atoms with E-state index in [1.165, 1.54) is 70.6 Å². The Labute approximate surface area is 244 Å². The second kappa shape index (κ2) is 12.1. The summed E-state index contributed by atoms with van der Waals surface area (Å²) >= 11 is 0. The number of aliphatic hydroxyl groups is 1. The third-order valence-electron chi connectivity index (χ3n) is 12.4. The van der Waals surface area contributed by atoms with Crippen LogP contribution in [0.5, 0.6) is 0 Å². The van der Waals surface area contributed by atoms with E-state index in [9.17, 15) is 5.11 Å². The van der Waals surface area contributed by atoms with Crippen molar-refractivity contribution >= 4 is 0 Å². The third kappa shape index (κ3) is 6.35. The maximum Gasteiger partial charge on any atom is 0.163 e. The summed E-state index contributed by atoms with van der Waals surface area (Å²) in [6.07, 6.45) is 17.1. The van der Waals surface area contributed by atoms with Gasteiger partial charge in [0.05, 0.1) is 31.5 Å². The lowest BCUT2D eigenvalue weighted by Gasteiger charge is -2.60. The van der Waals surface area contributed by atoms with E-state index in [1.54, 1.807) is 0 Å². The lowest BCUT2D eigenvalue weighted by Crippen LogP contribution is -2.57. The second-order valence-electron chi connectivity index (χ2n) is 16.6. The van der Waals surface area contributed by atoms with Gasteiger partial charge in [0.15, 0.2) is 12.6 Å². The first-order valence-corrected chi connectivity index (χ1v) is 17.3. The van der Waals surface area contributed by atoms with Crippen LogP contribution in [0, 0.1) is 52.3 Å². The zero-order valence-electron chi connectivity index (χ0n) is 26.3. The molecule has 0 spiro atoms. The topological polar surface area (TPSA) is 57.2 Å². The zero-order chi connectivity index (χ0) is 28.1. The van der Waals surface area contributed by atoms with Crippen LogP contribution in [0.25, 0.3) is 0 Å². The molecule has 9 atom stereocenters. The molecular formula is C35H60O5. The van der Waals surface area contributed by atoms with Gasteiger partial charge in [0.2, 0.25) is 0 Å². The molecule has 7 rings (SSSR count). The summed E-state index contributed by atoms with van der Waals surface area (Å²) in [5.74, 6) is 4.55. The van der Waals surface area contributed by atoms with E-state index in [0.717, 1.165) is 49.5 Å². The monoisotopic (exact) mass is 560 g/mol. The molecule has 2 heterocycles. The molecule has 5 heteroatoms. The van der Waals surface area contributed by atoms with Gasteiger partial charge in [0.1, 0.15) is 0 Å². The van der Waals surface area contributed by atoms with Crippen LogP contribution in [0.15, 0.2) is 0 Å². The quantitative estimate of drug-likeness (QED) is 0.323. The number of rotatable bonds is 7. The van der Waals surface area contributed by atoms with E-state index < -0.39 is 0 Å². The maximum absolute atomic E-state index is 10.3. The van der Waals surface area contributed by atoms with Crippen LogP contribution in [0.2, 0.25) is 0 Å². The van der Waals surface area contributed by atoms with Gasteiger partial charge in [-0.2, -0.15) is 0 Å². The molecule has 5 nitrogen and oxygen atoms in total. The zero-order valence-corrected chi connectivity index (χ0v) is 26.3. The number of hydrogen-bond acceptors (Lipinski definition) is 5. The summed E-state index contributed by atoms with van der Waals surface area (Å²) in [5.41, 5.74) is 0.644. The normalized spacial score (nSPS) is 48.6. The Hall–Kier alpha value is -0.200. The van der Waals surface area contributed by atoms with Crippen molar-refractivity contribution in [3.8, 4) is 0 Å². The number of ether oxygens (including phenoxy) is 4. The Kier molecular flexibility index (Phi) is 9.00. The lowest BCUT2D eigenvalue weighted by molar-refractivity contribution is -0.315. The van der Waals surface area contributed by atoms with Crippen LogP contribution in [-0.4, -0.2) is 49.2 Å². The molecule has 2 aliphatic heterocycles. The highest BCUT2D eigenvalue weighted by atomic mass is 16.7. The van der Waals surface area contributed by atoms with E-state index >= 15 is 0 Å². The fourth-order valence-corrected chi connectivity index (χ4v) is 10.6. The summed E-state index contributed by atoms with van der Waals surface area (Å²) < 4.78 is 27.0. The van der Waals surface area contributed by atoms with Crippen molar-refractivity contribution < 1.29 is 24.1 Å². The van der Waals surface area contributed by atoms with Gasteiger partial charge >= 0.3 is 0 Å². The molecule has 7 fully saturated rings. The van der Waals surface area contributed by atoms with Gasteiger partial charge in [0.25, 0.3) is 0 Å². The van der Waals surface area contributed by atoms with Crippen molar-refractivity contribution in [1.29, 1.82) is 0 Å². The predicted octanol–water partition coefficient (Wildman–Crippen LogP) is 7.73. The van der Waals surface area contributed by atoms with Gasteiger partial charge in [-0.25, -0.2) is 0 Å². The molecule has 0 aromatic rings. The standard InChI is InChI=1S/C35H60O5/c1-6-30-28(21-38-33(40-30)35-17-23-13-24(18-35)15-25(14-23)19-35)16-31-27(12-22(2)36)20-37-32(39-31)26-8-7-9-29(11-10-26)34(3,4)5/h22-33,36H,6-21H2,1-5H3. The minimum absolute atomic E-state index is 0.0135. The predicted molar refractivity (Wildman–Crippen MR) is 158 cm³/mol. The van der Waals surface area contributed by atoms with Crippen LogP contribution in [0.4, 0.5) is 0 Å². The van der Waals surface area contributed by atoms with E-state index in [1.807, 2.05) is 6.92 Å². The highest BCUT2D eigenvalue weighted by Crippen LogP contribution is 2.62. The van der Waals surface area contributed by atoms with Crippen molar-refractivity contribution in [2.75, 3.05) is 13.2 Å². The molecule has 5 aliphatic carbocycles. The van der Waals surface area contributed by atoms with E-state index in [0.29, 0.717) is 23.9 Å². The smallest absolute Gasteiger partial charge is 0.163 e. The molecule has 230 valence electrons. The Morgan fingerprint density at radius 3 is 2.12 bits per heavy atom. The van der Waals surface area contributed by atoms with Crippen molar-refractivity contribution in [2.45, 2.75) is 155 Å². The van der Waals surface area contributed by atoms with Crippen molar-refractivity contribution in [3.05, 3.63) is 0 Å². The minimum Gasteiger partial charge on any atom is -0.393 e. The minimum atomic E-state index is -0.344. The van der Waals surface area contributed by atoms with Gasteiger partial charge in [-0.1, -0.05) is 34.1 Å². The van der Waals surface area contributed by atoms with Crippen LogP contribution in [0.3, 0.4) is 0 Å². The summed E-state index contributed by atoms with van der Waals surface area (Å²) in [6.45, 7) is 12.9. The SMILES string of the molecule is CCC1OC(C23CC4CC(CC(C4)C2)C3)OCC1CC1OC(C2CCCC(C(C)(C)C)CC2)OCC1CC(C)O. The van der Waals surface area contributed by atoms with E-state index in [4.69, 9.17) is 18.9 Å². The van der Waals surface area contributed by atoms with Gasteiger partial charge in [0, 0.05) is 23.2 Å². The summed E-state index contributed by atoms with van der Waals surface area (Å²) in [4.78, 5) is 0. The molecule has 40 heavy (non-hydrogen) atoms. The molecule has 1 N–H and O–H groups in total. The molecule has 0 amide bonds. The Morgan fingerprint density at radius 1 is 0.825 bits per heavy atom. The van der Waals surface area contributed by atoms with E-state index in [-0.39, 0.29) is 42.2 Å². The Morgan fingerprint density at radius 2 is 1.50 bits per heavy atom. The molecule has 0 aromatic carbocycles. The molecule has 0 aromatic heterocycles. The molecular weight excluding hydrogens is 500 g/mol. The molecule has 7 aliphatic rings. The van der Waals surface area contributed by atoms with Gasteiger partial charge in [-0.15, -0.1) is 0 Å². The number of aliphatic hydroxyl groups excluding tert-OH is 1. The Bertz CT molecular complexity index is 799. The summed E-state index contributed by atoms with van der Waals surface area (Å²) in [7, 11) is 0. The van der Waals surface area contributed by atoms with E-state index in [2.05, 4.69) is 27.7 Å². The lowest BCUT2D eigenvalue weighted by atomic mass is 9.49. The van der Waals surface area contributed by atoms with Crippen molar-refractivity contribution in [1.82, 2.24) is 0 Å². The van der Waals surface area contributed by atoms with Crippen LogP contribution in [-0.2, 0) is 18.9 Å². The van der Waals surface area contributed by atoms with Gasteiger partial charge in [-0.3, -0.25) is 0 Å². The fourth-order valence-electron chi connectivity index (χ4n) is 10.6. The highest BCUT2D eigenvalue weighted by Gasteiger charge is 2.57. The molecule has 5 saturated carbocycles. The maximum atomic E-state index is 10.3. The average Bonchev–Trinajstić information content (AvgIpc) is 3.16. The van der Waals surface area contributed by atoms with Crippen molar-refractivity contribution in [2.24, 2.45) is 52.3 Å². The summed E-state index contributed by atoms with van der Waals surface area (Å²) in [5, 5.41) is 10.3. The first kappa shape index (κ1) is 29.9.